The van der Waals surface area contributed by atoms with Crippen molar-refractivity contribution < 1.29 is 23.9 Å². The minimum absolute atomic E-state index is 0.0988. The van der Waals surface area contributed by atoms with Gasteiger partial charge >= 0.3 is 5.97 Å². The van der Waals surface area contributed by atoms with E-state index in [0.717, 1.165) is 5.56 Å². The molecule has 2 amide bonds. The summed E-state index contributed by atoms with van der Waals surface area (Å²) in [6, 6.07) is 15.2. The second-order valence-electron chi connectivity index (χ2n) is 7.27. The third kappa shape index (κ3) is 4.47. The number of β-lactam (4-membered cyclic amide) rings is 1. The van der Waals surface area contributed by atoms with Crippen LogP contribution in [0.3, 0.4) is 0 Å². The van der Waals surface area contributed by atoms with Crippen molar-refractivity contribution in [2.24, 2.45) is 0 Å². The average molecular weight is 473 g/mol. The predicted octanol–water partition coefficient (Wildman–Crippen LogP) is 2.74. The predicted molar refractivity (Wildman–Crippen MR) is 122 cm³/mol. The normalized spacial score (nSPS) is 19.7. The second-order valence-corrected chi connectivity index (χ2v) is 8.64. The summed E-state index contributed by atoms with van der Waals surface area (Å²) in [6.45, 7) is 0. The molecule has 0 unspecified atom stereocenters. The maximum atomic E-state index is 12.9. The fourth-order valence-electron chi connectivity index (χ4n) is 3.58. The number of nitrogens with one attached hydrogen (secondary N) is 1. The highest BCUT2D eigenvalue weighted by molar-refractivity contribution is 8.00. The van der Waals surface area contributed by atoms with E-state index in [9.17, 15) is 14.4 Å². The summed E-state index contributed by atoms with van der Waals surface area (Å²) < 4.78 is 10.6. The number of fused-ring (bicyclic) bond motifs is 1. The number of thioether (sulfide) groups is 1. The van der Waals surface area contributed by atoms with E-state index in [4.69, 9.17) is 21.1 Å². The van der Waals surface area contributed by atoms with Crippen LogP contribution in [0.25, 0.3) is 0 Å². The Morgan fingerprint density at radius 1 is 1.12 bits per heavy atom. The van der Waals surface area contributed by atoms with Gasteiger partial charge < -0.3 is 14.8 Å². The zero-order valence-corrected chi connectivity index (χ0v) is 18.8. The standard InChI is InChI=1S/C23H21ClN2O5S/c1-30-16-7-9-17(10-8-16)31-23(29)20-15(12-24)13-32-22-19(21(28)26(20)22)25-18(27)11-14-5-3-2-4-6-14/h2-10,19,22H,11-13H2,1H3,(H,25,27)/t19-,22-/m0/s1. The Bertz CT molecular complexity index is 1060. The molecule has 1 saturated heterocycles. The van der Waals surface area contributed by atoms with Crippen LogP contribution in [0.1, 0.15) is 5.56 Å². The van der Waals surface area contributed by atoms with Crippen molar-refractivity contribution >= 4 is 41.1 Å². The van der Waals surface area contributed by atoms with Gasteiger partial charge in [-0.2, -0.15) is 0 Å². The molecule has 0 aromatic heterocycles. The van der Waals surface area contributed by atoms with Crippen molar-refractivity contribution in [1.29, 1.82) is 0 Å². The largest absolute Gasteiger partial charge is 0.497 e. The summed E-state index contributed by atoms with van der Waals surface area (Å²) in [5.41, 5.74) is 1.63. The molecule has 1 N–H and O–H groups in total. The molecule has 0 radical (unpaired) electrons. The first-order valence-electron chi connectivity index (χ1n) is 9.94. The lowest BCUT2D eigenvalue weighted by Crippen LogP contribution is -2.70. The number of carbonyl (C=O) groups is 3. The smallest absolute Gasteiger partial charge is 0.360 e. The van der Waals surface area contributed by atoms with Crippen LogP contribution in [-0.2, 0) is 20.8 Å². The first-order chi connectivity index (χ1) is 15.5. The molecule has 4 rings (SSSR count). The first kappa shape index (κ1) is 22.2. The lowest BCUT2D eigenvalue weighted by Gasteiger charge is -2.49. The maximum absolute atomic E-state index is 12.9. The van der Waals surface area contributed by atoms with Crippen LogP contribution in [0.4, 0.5) is 0 Å². The Morgan fingerprint density at radius 3 is 2.47 bits per heavy atom. The van der Waals surface area contributed by atoms with Crippen LogP contribution >= 0.6 is 23.4 Å². The summed E-state index contributed by atoms with van der Waals surface area (Å²) in [7, 11) is 1.54. The highest BCUT2D eigenvalue weighted by Crippen LogP contribution is 2.41. The number of esters is 1. The number of carbonyl (C=O) groups excluding carboxylic acids is 3. The molecular formula is C23H21ClN2O5S. The van der Waals surface area contributed by atoms with Crippen LogP contribution in [0.2, 0.25) is 0 Å². The monoisotopic (exact) mass is 472 g/mol. The number of benzene rings is 2. The Hall–Kier alpha value is -2.97. The van der Waals surface area contributed by atoms with Gasteiger partial charge in [-0.05, 0) is 35.4 Å². The molecule has 0 bridgehead atoms. The van der Waals surface area contributed by atoms with Crippen LogP contribution in [0.15, 0.2) is 65.9 Å². The number of halogens is 1. The van der Waals surface area contributed by atoms with E-state index < -0.39 is 12.0 Å². The molecule has 0 spiro atoms. The van der Waals surface area contributed by atoms with Crippen molar-refractivity contribution in [1.82, 2.24) is 10.2 Å². The van der Waals surface area contributed by atoms with E-state index in [-0.39, 0.29) is 35.2 Å². The van der Waals surface area contributed by atoms with Crippen molar-refractivity contribution in [2.75, 3.05) is 18.7 Å². The zero-order chi connectivity index (χ0) is 22.7. The number of hydrogen-bond acceptors (Lipinski definition) is 6. The molecule has 9 heteroatoms. The second kappa shape index (κ2) is 9.67. The van der Waals surface area contributed by atoms with Crippen molar-refractivity contribution in [2.45, 2.75) is 17.8 Å². The molecule has 166 valence electrons. The molecule has 7 nitrogen and oxygen atoms in total. The molecule has 2 aromatic rings. The summed E-state index contributed by atoms with van der Waals surface area (Å²) in [5.74, 6) is 0.271. The highest BCUT2D eigenvalue weighted by atomic mass is 35.5. The number of amides is 2. The number of alkyl halides is 1. The summed E-state index contributed by atoms with van der Waals surface area (Å²) in [5, 5.41) is 2.41. The first-order valence-corrected chi connectivity index (χ1v) is 11.5. The van der Waals surface area contributed by atoms with Gasteiger partial charge in [-0.15, -0.1) is 23.4 Å². The van der Waals surface area contributed by atoms with Crippen molar-refractivity contribution in [3.8, 4) is 11.5 Å². The van der Waals surface area contributed by atoms with Crippen LogP contribution < -0.4 is 14.8 Å². The quantitative estimate of drug-likeness (QED) is 0.289. The van der Waals surface area contributed by atoms with Gasteiger partial charge in [-0.25, -0.2) is 4.79 Å². The maximum Gasteiger partial charge on any atom is 0.360 e. The van der Waals surface area contributed by atoms with Gasteiger partial charge in [0.1, 0.15) is 28.6 Å². The Morgan fingerprint density at radius 2 is 1.81 bits per heavy atom. The van der Waals surface area contributed by atoms with E-state index in [0.29, 0.717) is 22.8 Å². The summed E-state index contributed by atoms with van der Waals surface area (Å²) in [6.07, 6.45) is 0.178. The molecule has 2 atom stereocenters. The number of nitrogens with zero attached hydrogens (tertiary/aromatic N) is 1. The minimum atomic E-state index is -0.697. The average Bonchev–Trinajstić information content (AvgIpc) is 2.82. The Kier molecular flexibility index (Phi) is 6.72. The minimum Gasteiger partial charge on any atom is -0.497 e. The molecular weight excluding hydrogens is 452 g/mol. The van der Waals surface area contributed by atoms with Gasteiger partial charge in [-0.3, -0.25) is 14.5 Å². The van der Waals surface area contributed by atoms with E-state index >= 15 is 0 Å². The highest BCUT2D eigenvalue weighted by Gasteiger charge is 2.54. The van der Waals surface area contributed by atoms with E-state index in [2.05, 4.69) is 5.32 Å². The molecule has 32 heavy (non-hydrogen) atoms. The lowest BCUT2D eigenvalue weighted by atomic mass is 10.0. The SMILES string of the molecule is COc1ccc(OC(=O)C2=C(CCl)CS[C@H]3[C@@H](NC(=O)Cc4ccccc4)C(=O)N23)cc1. The molecule has 1 fully saturated rings. The van der Waals surface area contributed by atoms with Crippen LogP contribution in [0.5, 0.6) is 11.5 Å². The molecule has 2 aromatic carbocycles. The summed E-state index contributed by atoms with van der Waals surface area (Å²) >= 11 is 7.52. The molecule has 2 heterocycles. The number of methoxy groups -OCH3 is 1. The van der Waals surface area contributed by atoms with Crippen LogP contribution in [0, 0.1) is 0 Å². The Labute approximate surface area is 194 Å². The molecule has 2 aliphatic rings. The lowest BCUT2D eigenvalue weighted by molar-refractivity contribution is -0.150. The third-order valence-corrected chi connectivity index (χ3v) is 6.86. The van der Waals surface area contributed by atoms with Gasteiger partial charge in [0.15, 0.2) is 0 Å². The van der Waals surface area contributed by atoms with E-state index in [1.165, 1.54) is 16.7 Å². The third-order valence-electron chi connectivity index (χ3n) is 5.20. The van der Waals surface area contributed by atoms with Gasteiger partial charge in [0, 0.05) is 11.6 Å². The fourth-order valence-corrected chi connectivity index (χ4v) is 5.26. The molecule has 0 aliphatic carbocycles. The van der Waals surface area contributed by atoms with Gasteiger partial charge in [0.25, 0.3) is 5.91 Å². The van der Waals surface area contributed by atoms with E-state index in [1.54, 1.807) is 31.4 Å². The number of ether oxygens (including phenoxy) is 2. The van der Waals surface area contributed by atoms with Crippen LogP contribution in [-0.4, -0.2) is 52.8 Å². The van der Waals surface area contributed by atoms with Crippen molar-refractivity contribution in [3.63, 3.8) is 0 Å². The molecule has 2 aliphatic heterocycles. The summed E-state index contributed by atoms with van der Waals surface area (Å²) in [4.78, 5) is 39.6. The number of rotatable bonds is 7. The molecule has 0 saturated carbocycles. The fraction of sp³-hybridized carbons (Fsp3) is 0.261. The van der Waals surface area contributed by atoms with Gasteiger partial charge in [0.05, 0.1) is 13.5 Å². The van der Waals surface area contributed by atoms with Gasteiger partial charge in [-0.1, -0.05) is 30.3 Å². The Balaban J connectivity index is 1.45. The van der Waals surface area contributed by atoms with Gasteiger partial charge in [0.2, 0.25) is 5.91 Å². The zero-order valence-electron chi connectivity index (χ0n) is 17.2. The van der Waals surface area contributed by atoms with E-state index in [1.807, 2.05) is 30.3 Å². The van der Waals surface area contributed by atoms with Crippen molar-refractivity contribution in [3.05, 3.63) is 71.4 Å². The number of hydrogen-bond donors (Lipinski definition) is 1. The topological polar surface area (TPSA) is 84.9 Å².